The predicted octanol–water partition coefficient (Wildman–Crippen LogP) is 4.23. The highest BCUT2D eigenvalue weighted by Crippen LogP contribution is 2.73. The molecule has 6 aliphatic rings. The molecule has 0 aromatic rings. The summed E-state index contributed by atoms with van der Waals surface area (Å²) >= 11 is 0. The number of hydrogen-bond acceptors (Lipinski definition) is 7. The van der Waals surface area contributed by atoms with E-state index in [0.717, 1.165) is 19.3 Å². The lowest BCUT2D eigenvalue weighted by atomic mass is 9.45. The van der Waals surface area contributed by atoms with Crippen LogP contribution in [0, 0.1) is 28.6 Å². The number of carbonyl (C=O) groups is 2. The smallest absolute Gasteiger partial charge is 0.333 e. The van der Waals surface area contributed by atoms with Crippen LogP contribution in [0.4, 0.5) is 0 Å². The van der Waals surface area contributed by atoms with E-state index >= 15 is 0 Å². The average Bonchev–Trinajstić information content (AvgIpc) is 3.24. The highest BCUT2D eigenvalue weighted by Gasteiger charge is 2.76. The third-order valence-corrected chi connectivity index (χ3v) is 12.7. The fraction of sp³-hybridized carbons (Fsp3) is 0.867. The molecule has 0 aromatic heterocycles. The van der Waals surface area contributed by atoms with Gasteiger partial charge in [0.15, 0.2) is 0 Å². The summed E-state index contributed by atoms with van der Waals surface area (Å²) in [5.74, 6) is -0.760. The molecular weight excluding hydrogens is 472 g/mol. The normalized spacial score (nSPS) is 53.1. The van der Waals surface area contributed by atoms with E-state index < -0.39 is 27.8 Å². The van der Waals surface area contributed by atoms with Crippen molar-refractivity contribution in [2.45, 2.75) is 134 Å². The maximum atomic E-state index is 12.5. The molecular formula is C30H44O7. The Labute approximate surface area is 220 Å². The van der Waals surface area contributed by atoms with Gasteiger partial charge in [0.05, 0.1) is 23.2 Å². The van der Waals surface area contributed by atoms with E-state index in [9.17, 15) is 19.8 Å². The van der Waals surface area contributed by atoms with Crippen LogP contribution in [0.25, 0.3) is 0 Å². The second kappa shape index (κ2) is 7.60. The second-order valence-electron chi connectivity index (χ2n) is 14.3. The third kappa shape index (κ3) is 3.11. The Morgan fingerprint density at radius 2 is 1.70 bits per heavy atom. The van der Waals surface area contributed by atoms with E-state index in [-0.39, 0.29) is 53.7 Å². The Morgan fingerprint density at radius 1 is 1.00 bits per heavy atom. The van der Waals surface area contributed by atoms with Gasteiger partial charge >= 0.3 is 11.9 Å². The van der Waals surface area contributed by atoms with Crippen LogP contribution in [0.3, 0.4) is 0 Å². The maximum Gasteiger partial charge on any atom is 0.333 e. The lowest BCUT2D eigenvalue weighted by Gasteiger charge is -2.62. The molecule has 3 saturated carbocycles. The van der Waals surface area contributed by atoms with Crippen molar-refractivity contribution in [1.29, 1.82) is 0 Å². The van der Waals surface area contributed by atoms with Gasteiger partial charge in [-0.1, -0.05) is 26.8 Å². The SMILES string of the molecule is CC1=CC[C@H]([C@H](C)[C@@]2(O)CC[C@]3(C)[C@H]4CC[C@@H]5C(C)(C)O[C@H]6CC(=O)O[C@]65C[C@]4(O)CC[C@]32C)OC1=O. The van der Waals surface area contributed by atoms with E-state index in [1.165, 1.54) is 0 Å². The van der Waals surface area contributed by atoms with Gasteiger partial charge < -0.3 is 24.4 Å². The summed E-state index contributed by atoms with van der Waals surface area (Å²) in [6, 6.07) is 0. The third-order valence-electron chi connectivity index (χ3n) is 12.7. The van der Waals surface area contributed by atoms with Crippen LogP contribution in [0.5, 0.6) is 0 Å². The van der Waals surface area contributed by atoms with Crippen LogP contribution in [0.1, 0.15) is 99.3 Å². The summed E-state index contributed by atoms with van der Waals surface area (Å²) in [6.45, 7) is 12.5. The number of fused-ring (bicyclic) bond motifs is 3. The molecule has 206 valence electrons. The quantitative estimate of drug-likeness (QED) is 0.530. The van der Waals surface area contributed by atoms with Gasteiger partial charge in [-0.05, 0) is 70.6 Å². The van der Waals surface area contributed by atoms with E-state index in [4.69, 9.17) is 14.2 Å². The summed E-state index contributed by atoms with van der Waals surface area (Å²) in [6.07, 6.45) is 6.76. The Bertz CT molecular complexity index is 1070. The average molecular weight is 517 g/mol. The molecule has 0 unspecified atom stereocenters. The summed E-state index contributed by atoms with van der Waals surface area (Å²) in [5, 5.41) is 24.9. The van der Waals surface area contributed by atoms with E-state index in [1.807, 2.05) is 13.0 Å². The zero-order valence-electron chi connectivity index (χ0n) is 23.3. The number of cyclic esters (lactones) is 1. The first kappa shape index (κ1) is 25.8. The molecule has 0 amide bonds. The summed E-state index contributed by atoms with van der Waals surface area (Å²) < 4.78 is 18.3. The Hall–Kier alpha value is -1.44. The van der Waals surface area contributed by atoms with E-state index in [2.05, 4.69) is 27.7 Å². The zero-order chi connectivity index (χ0) is 26.8. The minimum absolute atomic E-state index is 0.0248. The summed E-state index contributed by atoms with van der Waals surface area (Å²) in [5.41, 5.74) is -3.36. The lowest BCUT2D eigenvalue weighted by molar-refractivity contribution is -0.231. The predicted molar refractivity (Wildman–Crippen MR) is 135 cm³/mol. The molecule has 3 aliphatic carbocycles. The van der Waals surface area contributed by atoms with Crippen LogP contribution >= 0.6 is 0 Å². The lowest BCUT2D eigenvalue weighted by Crippen LogP contribution is -2.64. The minimum Gasteiger partial charge on any atom is -0.458 e. The topological polar surface area (TPSA) is 102 Å². The van der Waals surface area contributed by atoms with E-state index in [1.54, 1.807) is 6.92 Å². The van der Waals surface area contributed by atoms with Gasteiger partial charge in [0.2, 0.25) is 0 Å². The molecule has 0 aromatic carbocycles. The molecule has 7 nitrogen and oxygen atoms in total. The fourth-order valence-corrected chi connectivity index (χ4v) is 10.4. The Kier molecular flexibility index (Phi) is 5.30. The molecule has 0 bridgehead atoms. The van der Waals surface area contributed by atoms with Crippen LogP contribution in [0.2, 0.25) is 0 Å². The number of carbonyl (C=O) groups excluding carboxylic acids is 2. The largest absolute Gasteiger partial charge is 0.458 e. The van der Waals surface area contributed by atoms with E-state index in [0.29, 0.717) is 37.7 Å². The molecule has 3 heterocycles. The zero-order valence-corrected chi connectivity index (χ0v) is 23.3. The molecule has 3 aliphatic heterocycles. The van der Waals surface area contributed by atoms with Crippen molar-refractivity contribution in [3.63, 3.8) is 0 Å². The van der Waals surface area contributed by atoms with Crippen molar-refractivity contribution in [3.8, 4) is 0 Å². The van der Waals surface area contributed by atoms with Crippen molar-refractivity contribution in [2.24, 2.45) is 28.6 Å². The highest BCUT2D eigenvalue weighted by atomic mass is 16.6. The van der Waals surface area contributed by atoms with Crippen LogP contribution in [0.15, 0.2) is 11.6 Å². The molecule has 7 heteroatoms. The van der Waals surface area contributed by atoms with Crippen molar-refractivity contribution >= 4 is 11.9 Å². The molecule has 10 atom stereocenters. The van der Waals surface area contributed by atoms with Crippen molar-refractivity contribution in [3.05, 3.63) is 11.6 Å². The molecule has 2 saturated heterocycles. The standard InChI is InChI=1S/C30H44O7/c1-17-7-8-19(35-24(17)32)18(2)30(34)14-11-26(5)21-10-9-20-25(3,4)36-22-15-23(31)37-29(20,22)16-28(21,33)13-12-27(26,30)6/h7,18-22,33-34H,8-16H2,1-6H3/t18-,19+,20+,21+,22-,26+,27+,28+,29-,30-/m0/s1. The number of hydrogen-bond donors (Lipinski definition) is 2. The van der Waals surface area contributed by atoms with Gasteiger partial charge in [-0.2, -0.15) is 0 Å². The van der Waals surface area contributed by atoms with Crippen molar-refractivity contribution in [2.75, 3.05) is 0 Å². The van der Waals surface area contributed by atoms with Crippen molar-refractivity contribution < 1.29 is 34.0 Å². The van der Waals surface area contributed by atoms with Gasteiger partial charge in [-0.15, -0.1) is 0 Å². The Balaban J connectivity index is 1.35. The van der Waals surface area contributed by atoms with Crippen molar-refractivity contribution in [1.82, 2.24) is 0 Å². The van der Waals surface area contributed by atoms with Crippen LogP contribution < -0.4 is 0 Å². The molecule has 0 radical (unpaired) electrons. The number of ether oxygens (including phenoxy) is 3. The number of esters is 2. The number of aliphatic hydroxyl groups is 2. The van der Waals surface area contributed by atoms with Gasteiger partial charge in [0.25, 0.3) is 0 Å². The molecule has 6 rings (SSSR count). The summed E-state index contributed by atoms with van der Waals surface area (Å²) in [4.78, 5) is 24.8. The first-order valence-corrected chi connectivity index (χ1v) is 14.3. The summed E-state index contributed by atoms with van der Waals surface area (Å²) in [7, 11) is 0. The molecule has 5 fully saturated rings. The molecule has 1 spiro atoms. The van der Waals surface area contributed by atoms with Gasteiger partial charge in [-0.25, -0.2) is 4.79 Å². The maximum absolute atomic E-state index is 12.5. The highest BCUT2D eigenvalue weighted by molar-refractivity contribution is 5.88. The first-order valence-electron chi connectivity index (χ1n) is 14.3. The first-order chi connectivity index (χ1) is 17.1. The monoisotopic (exact) mass is 516 g/mol. The molecule has 2 N–H and O–H groups in total. The van der Waals surface area contributed by atoms with Crippen LogP contribution in [-0.4, -0.2) is 56.8 Å². The van der Waals surface area contributed by atoms with Crippen LogP contribution in [-0.2, 0) is 23.8 Å². The fourth-order valence-electron chi connectivity index (χ4n) is 10.4. The Morgan fingerprint density at radius 3 is 2.41 bits per heavy atom. The van der Waals surface area contributed by atoms with Gasteiger partial charge in [0.1, 0.15) is 17.8 Å². The van der Waals surface area contributed by atoms with Gasteiger partial charge in [-0.3, -0.25) is 4.79 Å². The minimum atomic E-state index is -1.02. The second-order valence-corrected chi connectivity index (χ2v) is 14.3. The van der Waals surface area contributed by atoms with Gasteiger partial charge in [0, 0.05) is 35.7 Å². The molecule has 37 heavy (non-hydrogen) atoms. The number of rotatable bonds is 2.